The van der Waals surface area contributed by atoms with Gasteiger partial charge in [0, 0.05) is 4.47 Å². The van der Waals surface area contributed by atoms with Gasteiger partial charge in [-0.3, -0.25) is 0 Å². The van der Waals surface area contributed by atoms with E-state index in [2.05, 4.69) is 32.2 Å². The number of hydrogen-bond donors (Lipinski definition) is 0. The Kier molecular flexibility index (Phi) is 3.68. The number of fused-ring (bicyclic) bond motifs is 1. The number of nitrogens with zero attached hydrogens (tertiary/aromatic N) is 2. The predicted octanol–water partition coefficient (Wildman–Crippen LogP) is 4.98. The van der Waals surface area contributed by atoms with Crippen molar-refractivity contribution >= 4 is 49.6 Å². The highest BCUT2D eigenvalue weighted by atomic mass is 79.9. The lowest BCUT2D eigenvalue weighted by Crippen LogP contribution is -1.83. The molecule has 0 saturated heterocycles. The Morgan fingerprint density at radius 3 is 2.68 bits per heavy atom. The van der Waals surface area contributed by atoms with E-state index in [9.17, 15) is 0 Å². The summed E-state index contributed by atoms with van der Waals surface area (Å²) in [6.07, 6.45) is 0. The van der Waals surface area contributed by atoms with Crippen LogP contribution in [0.4, 0.5) is 0 Å². The third kappa shape index (κ3) is 2.88. The van der Waals surface area contributed by atoms with Crippen LogP contribution < -0.4 is 4.74 Å². The molecule has 3 rings (SSSR count). The minimum atomic E-state index is 0.354. The van der Waals surface area contributed by atoms with Crippen LogP contribution in [0.15, 0.2) is 40.9 Å². The maximum absolute atomic E-state index is 5.68. The van der Waals surface area contributed by atoms with Gasteiger partial charge in [-0.15, -0.1) is 16.7 Å². The number of alkyl halides is 1. The lowest BCUT2D eigenvalue weighted by atomic mass is 10.1. The van der Waals surface area contributed by atoms with E-state index >= 15 is 0 Å². The second kappa shape index (κ2) is 5.45. The summed E-state index contributed by atoms with van der Waals surface area (Å²) in [4.78, 5) is 0. The molecule has 0 atom stereocenters. The lowest BCUT2D eigenvalue weighted by Gasteiger charge is -2.03. The highest BCUT2D eigenvalue weighted by molar-refractivity contribution is 9.10. The number of halogens is 2. The normalized spacial score (nSPS) is 10.8. The zero-order chi connectivity index (χ0) is 13.2. The quantitative estimate of drug-likeness (QED) is 0.621. The lowest BCUT2D eigenvalue weighted by molar-refractivity contribution is 0.474. The van der Waals surface area contributed by atoms with Crippen LogP contribution in [0, 0.1) is 0 Å². The number of hydrogen-bond acceptors (Lipinski definition) is 4. The van der Waals surface area contributed by atoms with Crippen LogP contribution in [0.3, 0.4) is 0 Å². The van der Waals surface area contributed by atoms with Gasteiger partial charge < -0.3 is 4.74 Å². The maximum Gasteiger partial charge on any atom is 0.299 e. The van der Waals surface area contributed by atoms with Crippen molar-refractivity contribution in [3.05, 3.63) is 45.9 Å². The van der Waals surface area contributed by atoms with Crippen LogP contribution in [0.25, 0.3) is 10.8 Å². The molecular formula is C13H8BrClN2OS. The summed E-state index contributed by atoms with van der Waals surface area (Å²) in [5.74, 6) is 1.10. The summed E-state index contributed by atoms with van der Waals surface area (Å²) in [7, 11) is 0. The Morgan fingerprint density at radius 1 is 1.11 bits per heavy atom. The molecule has 3 aromatic rings. The molecule has 0 spiro atoms. The smallest absolute Gasteiger partial charge is 0.299 e. The molecule has 2 aromatic carbocycles. The Morgan fingerprint density at radius 2 is 1.89 bits per heavy atom. The van der Waals surface area contributed by atoms with E-state index in [1.165, 1.54) is 11.3 Å². The molecule has 0 fully saturated rings. The summed E-state index contributed by atoms with van der Waals surface area (Å²) in [6.45, 7) is 0. The molecule has 1 heterocycles. The second-order valence-electron chi connectivity index (χ2n) is 3.85. The third-order valence-electron chi connectivity index (χ3n) is 2.54. The van der Waals surface area contributed by atoms with Gasteiger partial charge in [0.1, 0.15) is 10.8 Å². The molecule has 96 valence electrons. The summed E-state index contributed by atoms with van der Waals surface area (Å²) in [6, 6.07) is 12.0. The first-order chi connectivity index (χ1) is 9.24. The fourth-order valence-corrected chi connectivity index (χ4v) is 2.85. The average Bonchev–Trinajstić information content (AvgIpc) is 2.86. The minimum absolute atomic E-state index is 0.354. The van der Waals surface area contributed by atoms with Gasteiger partial charge in [-0.1, -0.05) is 44.5 Å². The van der Waals surface area contributed by atoms with Crippen molar-refractivity contribution < 1.29 is 4.74 Å². The number of rotatable bonds is 3. The fourth-order valence-electron chi connectivity index (χ4n) is 1.69. The van der Waals surface area contributed by atoms with Gasteiger partial charge in [0.2, 0.25) is 0 Å². The van der Waals surface area contributed by atoms with Gasteiger partial charge in [0.05, 0.1) is 5.88 Å². The van der Waals surface area contributed by atoms with Crippen molar-refractivity contribution in [2.24, 2.45) is 0 Å². The zero-order valence-corrected chi connectivity index (χ0v) is 12.8. The van der Waals surface area contributed by atoms with E-state index in [0.29, 0.717) is 11.1 Å². The van der Waals surface area contributed by atoms with E-state index in [-0.39, 0.29) is 0 Å². The van der Waals surface area contributed by atoms with Crippen LogP contribution in [0.5, 0.6) is 10.9 Å². The van der Waals surface area contributed by atoms with Crippen LogP contribution >= 0.6 is 38.9 Å². The predicted molar refractivity (Wildman–Crippen MR) is 81.2 cm³/mol. The van der Waals surface area contributed by atoms with Crippen molar-refractivity contribution in [3.63, 3.8) is 0 Å². The Bertz CT molecular complexity index is 731. The molecule has 1 aromatic heterocycles. The first kappa shape index (κ1) is 12.8. The van der Waals surface area contributed by atoms with Gasteiger partial charge >= 0.3 is 0 Å². The topological polar surface area (TPSA) is 35.0 Å². The first-order valence-electron chi connectivity index (χ1n) is 5.50. The molecule has 19 heavy (non-hydrogen) atoms. The molecule has 0 radical (unpaired) electrons. The molecule has 0 aliphatic rings. The van der Waals surface area contributed by atoms with Gasteiger partial charge in [0.15, 0.2) is 0 Å². The molecule has 0 amide bonds. The van der Waals surface area contributed by atoms with E-state index in [1.807, 2.05) is 30.3 Å². The highest BCUT2D eigenvalue weighted by Crippen LogP contribution is 2.29. The van der Waals surface area contributed by atoms with Crippen LogP contribution in [0.1, 0.15) is 5.01 Å². The largest absolute Gasteiger partial charge is 0.430 e. The van der Waals surface area contributed by atoms with E-state index in [1.54, 1.807) is 0 Å². The molecule has 0 unspecified atom stereocenters. The van der Waals surface area contributed by atoms with Crippen molar-refractivity contribution in [2.75, 3.05) is 0 Å². The molecule has 0 aliphatic heterocycles. The molecule has 3 nitrogen and oxygen atoms in total. The number of ether oxygens (including phenoxy) is 1. The average molecular weight is 356 g/mol. The van der Waals surface area contributed by atoms with E-state index in [0.717, 1.165) is 26.0 Å². The second-order valence-corrected chi connectivity index (χ2v) is 6.06. The van der Waals surface area contributed by atoms with Crippen LogP contribution in [-0.4, -0.2) is 10.2 Å². The summed E-state index contributed by atoms with van der Waals surface area (Å²) in [5.41, 5.74) is 0. The molecule has 0 aliphatic carbocycles. The maximum atomic E-state index is 5.68. The van der Waals surface area contributed by atoms with Gasteiger partial charge in [-0.2, -0.15) is 0 Å². The Balaban J connectivity index is 1.90. The Hall–Kier alpha value is -1.17. The highest BCUT2D eigenvalue weighted by Gasteiger charge is 2.06. The van der Waals surface area contributed by atoms with Crippen molar-refractivity contribution in [3.8, 4) is 10.9 Å². The van der Waals surface area contributed by atoms with Gasteiger partial charge in [-0.25, -0.2) is 0 Å². The van der Waals surface area contributed by atoms with Crippen molar-refractivity contribution in [1.82, 2.24) is 10.2 Å². The molecular weight excluding hydrogens is 348 g/mol. The van der Waals surface area contributed by atoms with Crippen molar-refractivity contribution in [1.29, 1.82) is 0 Å². The minimum Gasteiger partial charge on any atom is -0.430 e. The van der Waals surface area contributed by atoms with Gasteiger partial charge in [0.25, 0.3) is 5.19 Å². The number of benzene rings is 2. The monoisotopic (exact) mass is 354 g/mol. The standard InChI is InChI=1S/C13H8BrClN2OS/c14-10-3-1-9-6-11(4-2-8(9)5-10)18-13-17-16-12(7-15)19-13/h1-6H,7H2. The van der Waals surface area contributed by atoms with E-state index < -0.39 is 0 Å². The molecule has 6 heteroatoms. The first-order valence-corrected chi connectivity index (χ1v) is 7.64. The summed E-state index contributed by atoms with van der Waals surface area (Å²) >= 11 is 10.5. The van der Waals surface area contributed by atoms with Crippen LogP contribution in [0.2, 0.25) is 0 Å². The fraction of sp³-hybridized carbons (Fsp3) is 0.0769. The van der Waals surface area contributed by atoms with Crippen LogP contribution in [-0.2, 0) is 5.88 Å². The Labute approximate surface area is 127 Å². The molecule has 0 N–H and O–H groups in total. The van der Waals surface area contributed by atoms with Crippen molar-refractivity contribution in [2.45, 2.75) is 5.88 Å². The summed E-state index contributed by atoms with van der Waals surface area (Å²) < 4.78 is 6.73. The SMILES string of the molecule is ClCc1nnc(Oc2ccc3cc(Br)ccc3c2)s1. The third-order valence-corrected chi connectivity index (χ3v) is 4.25. The van der Waals surface area contributed by atoms with E-state index in [4.69, 9.17) is 16.3 Å². The van der Waals surface area contributed by atoms with Gasteiger partial charge in [-0.05, 0) is 35.0 Å². The molecule has 0 bridgehead atoms. The number of aromatic nitrogens is 2. The summed E-state index contributed by atoms with van der Waals surface area (Å²) in [5, 5.41) is 11.4. The molecule has 0 saturated carbocycles. The zero-order valence-electron chi connectivity index (χ0n) is 9.64.